The van der Waals surface area contributed by atoms with Gasteiger partial charge in [0.2, 0.25) is 5.78 Å². The van der Waals surface area contributed by atoms with Crippen LogP contribution in [0.15, 0.2) is 30.3 Å². The fraction of sp³-hybridized carbons (Fsp3) is 0.438. The van der Waals surface area contributed by atoms with Crippen molar-refractivity contribution in [3.63, 3.8) is 0 Å². The van der Waals surface area contributed by atoms with Gasteiger partial charge in [-0.05, 0) is 12.8 Å². The molecule has 1 rings (SSSR count). The van der Waals surface area contributed by atoms with Crippen LogP contribution in [-0.4, -0.2) is 28.8 Å². The molecule has 0 radical (unpaired) electrons. The van der Waals surface area contributed by atoms with Crippen molar-refractivity contribution >= 4 is 17.5 Å². The van der Waals surface area contributed by atoms with E-state index in [4.69, 9.17) is 5.11 Å². The fourth-order valence-electron chi connectivity index (χ4n) is 1.61. The van der Waals surface area contributed by atoms with Crippen LogP contribution < -0.4 is 0 Å². The first-order valence-electron chi connectivity index (χ1n) is 7.04. The van der Waals surface area contributed by atoms with Crippen LogP contribution in [0.5, 0.6) is 0 Å². The molecule has 1 aromatic carbocycles. The second-order valence-electron chi connectivity index (χ2n) is 4.74. The van der Waals surface area contributed by atoms with Crippen molar-refractivity contribution in [1.29, 1.82) is 0 Å². The Balaban J connectivity index is 0.000000515. The van der Waals surface area contributed by atoms with Crippen LogP contribution in [0.4, 0.5) is 13.2 Å². The van der Waals surface area contributed by atoms with Crippen molar-refractivity contribution in [2.75, 3.05) is 0 Å². The number of hydrogen-bond donors (Lipinski definition) is 1. The van der Waals surface area contributed by atoms with Crippen LogP contribution in [0, 0.1) is 5.92 Å². The summed E-state index contributed by atoms with van der Waals surface area (Å²) >= 11 is 0. The maximum Gasteiger partial charge on any atom is 0.450 e. The molecule has 0 bridgehead atoms. The van der Waals surface area contributed by atoms with Crippen LogP contribution in [0.2, 0.25) is 0 Å². The fourth-order valence-corrected chi connectivity index (χ4v) is 1.61. The van der Waals surface area contributed by atoms with Crippen molar-refractivity contribution in [1.82, 2.24) is 0 Å². The third kappa shape index (κ3) is 8.13. The van der Waals surface area contributed by atoms with E-state index in [9.17, 15) is 27.6 Å². The highest BCUT2D eigenvalue weighted by Crippen LogP contribution is 2.19. The Labute approximate surface area is 132 Å². The van der Waals surface area contributed by atoms with Crippen LogP contribution in [-0.2, 0) is 9.59 Å². The first kappa shape index (κ1) is 20.8. The average Bonchev–Trinajstić information content (AvgIpc) is 2.48. The van der Waals surface area contributed by atoms with E-state index in [1.54, 1.807) is 6.07 Å². The van der Waals surface area contributed by atoms with Gasteiger partial charge in [-0.1, -0.05) is 44.2 Å². The molecule has 0 saturated heterocycles. The number of carboxylic acids is 1. The molecule has 4 nitrogen and oxygen atoms in total. The molecule has 1 N–H and O–H groups in total. The van der Waals surface area contributed by atoms with E-state index in [1.807, 2.05) is 13.8 Å². The Bertz CT molecular complexity index is 520. The minimum absolute atomic E-state index is 0.107. The third-order valence-electron chi connectivity index (χ3n) is 3.07. The molecule has 7 heteroatoms. The summed E-state index contributed by atoms with van der Waals surface area (Å²) in [4.78, 5) is 31.8. The zero-order valence-corrected chi connectivity index (χ0v) is 12.9. The number of benzene rings is 1. The monoisotopic (exact) mass is 332 g/mol. The number of halogens is 3. The first-order chi connectivity index (χ1) is 10.6. The maximum atomic E-state index is 11.8. The molecular formula is C16H19F3O4. The van der Waals surface area contributed by atoms with E-state index in [-0.39, 0.29) is 11.5 Å². The summed E-state index contributed by atoms with van der Waals surface area (Å²) in [6.45, 7) is 3.78. The largest absolute Gasteiger partial charge is 0.481 e. The summed E-state index contributed by atoms with van der Waals surface area (Å²) < 4.78 is 35.5. The van der Waals surface area contributed by atoms with Crippen LogP contribution in [0.25, 0.3) is 0 Å². The standard InChI is InChI=1S/C10H7F3O2.C6H12O2/c11-10(12,13)9(15)6-8(14)7-4-2-1-3-5-7;1-3-5(4-2)6(7)8/h1-5H,6H2;5H,3-4H2,1-2H3,(H,7,8). The zero-order chi connectivity index (χ0) is 18.0. The second kappa shape index (κ2) is 9.76. The van der Waals surface area contributed by atoms with Crippen molar-refractivity contribution in [3.8, 4) is 0 Å². The Morgan fingerprint density at radius 2 is 1.52 bits per heavy atom. The lowest BCUT2D eigenvalue weighted by molar-refractivity contribution is -0.170. The maximum absolute atomic E-state index is 11.8. The van der Waals surface area contributed by atoms with Gasteiger partial charge in [-0.2, -0.15) is 13.2 Å². The number of carboxylic acid groups (broad SMARTS) is 1. The zero-order valence-electron chi connectivity index (χ0n) is 12.9. The van der Waals surface area contributed by atoms with Crippen LogP contribution in [0.3, 0.4) is 0 Å². The summed E-state index contributed by atoms with van der Waals surface area (Å²) in [7, 11) is 0. The number of Topliss-reactive ketones (excluding diaryl/α,β-unsaturated/α-hetero) is 2. The van der Waals surface area contributed by atoms with Crippen LogP contribution in [0.1, 0.15) is 43.5 Å². The van der Waals surface area contributed by atoms with E-state index >= 15 is 0 Å². The number of rotatable bonds is 6. The van der Waals surface area contributed by atoms with Gasteiger partial charge in [-0.15, -0.1) is 0 Å². The number of alkyl halides is 3. The van der Waals surface area contributed by atoms with E-state index in [1.165, 1.54) is 24.3 Å². The summed E-state index contributed by atoms with van der Waals surface area (Å²) in [5.41, 5.74) is 0.107. The predicted octanol–water partition coefficient (Wildman–Crippen LogP) is 3.90. The second-order valence-corrected chi connectivity index (χ2v) is 4.74. The summed E-state index contributed by atoms with van der Waals surface area (Å²) in [6.07, 6.45) is -4.59. The molecule has 0 heterocycles. The number of hydrogen-bond acceptors (Lipinski definition) is 3. The Hall–Kier alpha value is -2.18. The Morgan fingerprint density at radius 1 is 1.04 bits per heavy atom. The van der Waals surface area contributed by atoms with Gasteiger partial charge in [0.25, 0.3) is 0 Å². The summed E-state index contributed by atoms with van der Waals surface area (Å²) in [6, 6.07) is 7.40. The Kier molecular flexibility index (Phi) is 8.83. The van der Waals surface area contributed by atoms with Gasteiger partial charge in [0.15, 0.2) is 5.78 Å². The van der Waals surface area contributed by atoms with Gasteiger partial charge in [0.1, 0.15) is 0 Å². The molecule has 0 aliphatic carbocycles. The molecule has 0 aromatic heterocycles. The number of carbonyl (C=O) groups is 3. The lowest BCUT2D eigenvalue weighted by Gasteiger charge is -2.03. The average molecular weight is 332 g/mol. The molecular weight excluding hydrogens is 313 g/mol. The van der Waals surface area contributed by atoms with Gasteiger partial charge >= 0.3 is 12.1 Å². The molecule has 0 unspecified atom stereocenters. The normalized spacial score (nSPS) is 10.7. The minimum Gasteiger partial charge on any atom is -0.481 e. The number of ketones is 2. The highest BCUT2D eigenvalue weighted by atomic mass is 19.4. The van der Waals surface area contributed by atoms with Gasteiger partial charge in [0, 0.05) is 5.56 Å². The summed E-state index contributed by atoms with van der Waals surface area (Å²) in [5.74, 6) is -3.64. The third-order valence-corrected chi connectivity index (χ3v) is 3.07. The van der Waals surface area contributed by atoms with E-state index in [0.717, 1.165) is 12.8 Å². The van der Waals surface area contributed by atoms with Crippen molar-refractivity contribution in [2.45, 2.75) is 39.3 Å². The van der Waals surface area contributed by atoms with E-state index in [2.05, 4.69) is 0 Å². The Morgan fingerprint density at radius 3 is 1.83 bits per heavy atom. The minimum atomic E-state index is -4.94. The topological polar surface area (TPSA) is 71.4 Å². The lowest BCUT2D eigenvalue weighted by Crippen LogP contribution is -2.25. The predicted molar refractivity (Wildman–Crippen MR) is 78.2 cm³/mol. The molecule has 1 aromatic rings. The summed E-state index contributed by atoms with van der Waals surface area (Å²) in [5, 5.41) is 8.37. The number of carbonyl (C=O) groups excluding carboxylic acids is 2. The highest BCUT2D eigenvalue weighted by Gasteiger charge is 2.39. The van der Waals surface area contributed by atoms with E-state index < -0.39 is 30.1 Å². The molecule has 0 atom stereocenters. The molecule has 128 valence electrons. The van der Waals surface area contributed by atoms with Gasteiger partial charge < -0.3 is 5.11 Å². The molecule has 0 saturated carbocycles. The molecule has 0 fully saturated rings. The lowest BCUT2D eigenvalue weighted by atomic mass is 10.1. The highest BCUT2D eigenvalue weighted by molar-refractivity contribution is 6.09. The van der Waals surface area contributed by atoms with Crippen molar-refractivity contribution in [2.24, 2.45) is 5.92 Å². The smallest absolute Gasteiger partial charge is 0.450 e. The molecule has 0 aliphatic rings. The van der Waals surface area contributed by atoms with E-state index in [0.29, 0.717) is 0 Å². The number of aliphatic carboxylic acids is 1. The SMILES string of the molecule is CCC(CC)C(=O)O.O=C(CC(=O)C(F)(F)F)c1ccccc1. The van der Waals surface area contributed by atoms with Gasteiger partial charge in [-0.3, -0.25) is 14.4 Å². The van der Waals surface area contributed by atoms with Gasteiger partial charge in [0.05, 0.1) is 12.3 Å². The molecule has 23 heavy (non-hydrogen) atoms. The molecule has 0 aliphatic heterocycles. The van der Waals surface area contributed by atoms with Gasteiger partial charge in [-0.25, -0.2) is 0 Å². The molecule has 0 amide bonds. The quantitative estimate of drug-likeness (QED) is 0.633. The van der Waals surface area contributed by atoms with Crippen molar-refractivity contribution < 1.29 is 32.7 Å². The van der Waals surface area contributed by atoms with Crippen molar-refractivity contribution in [3.05, 3.63) is 35.9 Å². The molecule has 0 spiro atoms. The first-order valence-corrected chi connectivity index (χ1v) is 7.04. The van der Waals surface area contributed by atoms with Crippen LogP contribution >= 0.6 is 0 Å².